The first-order chi connectivity index (χ1) is 12.8. The van der Waals surface area contributed by atoms with Crippen molar-refractivity contribution in [2.75, 3.05) is 6.26 Å². The molecule has 0 amide bonds. The molecule has 26 heavy (non-hydrogen) atoms. The number of nitrogens with zero attached hydrogens (tertiary/aromatic N) is 3. The molecule has 1 aliphatic rings. The van der Waals surface area contributed by atoms with E-state index in [0.29, 0.717) is 0 Å². The first-order valence-electron chi connectivity index (χ1n) is 8.65. The van der Waals surface area contributed by atoms with Crippen molar-refractivity contribution in [1.29, 1.82) is 0 Å². The van der Waals surface area contributed by atoms with E-state index >= 15 is 0 Å². The van der Waals surface area contributed by atoms with Gasteiger partial charge >= 0.3 is 0 Å². The maximum Gasteiger partial charge on any atom is 0.127 e. The van der Waals surface area contributed by atoms with Crippen LogP contribution in [-0.4, -0.2) is 21.2 Å². The van der Waals surface area contributed by atoms with Crippen LogP contribution >= 0.6 is 34.7 Å². The second-order valence-electron chi connectivity index (χ2n) is 6.47. The average Bonchev–Trinajstić information content (AvgIpc) is 3.05. The fraction of sp³-hybridized carbons (Fsp3) is 0.250. The van der Waals surface area contributed by atoms with Crippen molar-refractivity contribution in [1.82, 2.24) is 15.0 Å². The molecular weight excluding hydrogens is 382 g/mol. The number of hydrogen-bond donors (Lipinski definition) is 0. The van der Waals surface area contributed by atoms with Gasteiger partial charge in [-0.3, -0.25) is 0 Å². The van der Waals surface area contributed by atoms with E-state index in [-0.39, 0.29) is 0 Å². The van der Waals surface area contributed by atoms with Gasteiger partial charge in [0, 0.05) is 16.1 Å². The Kier molecular flexibility index (Phi) is 4.11. The summed E-state index contributed by atoms with van der Waals surface area (Å²) in [6, 6.07) is 8.17. The molecule has 0 aliphatic heterocycles. The van der Waals surface area contributed by atoms with Crippen LogP contribution in [0.5, 0.6) is 0 Å². The number of aromatic nitrogens is 3. The van der Waals surface area contributed by atoms with E-state index < -0.39 is 0 Å². The summed E-state index contributed by atoms with van der Waals surface area (Å²) in [6.45, 7) is 0. The summed E-state index contributed by atoms with van der Waals surface area (Å²) >= 11 is 9.52. The number of hydrogen-bond acceptors (Lipinski definition) is 5. The monoisotopic (exact) mass is 397 g/mol. The average molecular weight is 398 g/mol. The van der Waals surface area contributed by atoms with E-state index in [4.69, 9.17) is 16.6 Å². The van der Waals surface area contributed by atoms with Gasteiger partial charge < -0.3 is 0 Å². The van der Waals surface area contributed by atoms with Crippen LogP contribution in [0.15, 0.2) is 35.6 Å². The number of halogens is 1. The van der Waals surface area contributed by atoms with Crippen molar-refractivity contribution in [3.05, 3.63) is 46.9 Å². The van der Waals surface area contributed by atoms with Crippen LogP contribution < -0.4 is 0 Å². The maximum atomic E-state index is 6.14. The molecule has 3 heterocycles. The van der Waals surface area contributed by atoms with Gasteiger partial charge in [0.15, 0.2) is 0 Å². The van der Waals surface area contributed by atoms with Crippen molar-refractivity contribution in [2.45, 2.75) is 30.7 Å². The van der Waals surface area contributed by atoms with Gasteiger partial charge in [0.2, 0.25) is 0 Å². The summed E-state index contributed by atoms with van der Waals surface area (Å²) in [6.07, 6.45) is 8.30. The van der Waals surface area contributed by atoms with Gasteiger partial charge in [0.25, 0.3) is 0 Å². The third-order valence-electron chi connectivity index (χ3n) is 4.97. The molecule has 0 saturated heterocycles. The Bertz CT molecular complexity index is 1140. The third kappa shape index (κ3) is 2.53. The first-order valence-corrected chi connectivity index (χ1v) is 11.1. The molecule has 0 bridgehead atoms. The SMILES string of the molecule is CSc1ncnc2c1sc1nc3c(c(-c4ccc(Cl)cc4)c12)CCCC3. The van der Waals surface area contributed by atoms with Crippen LogP contribution in [0.3, 0.4) is 0 Å². The van der Waals surface area contributed by atoms with Crippen LogP contribution in [0.1, 0.15) is 24.1 Å². The third-order valence-corrected chi connectivity index (χ3v) is 7.13. The lowest BCUT2D eigenvalue weighted by molar-refractivity contribution is 0.673. The molecule has 0 atom stereocenters. The van der Waals surface area contributed by atoms with E-state index in [2.05, 4.69) is 28.4 Å². The van der Waals surface area contributed by atoms with Gasteiger partial charge in [0.05, 0.1) is 10.2 Å². The van der Waals surface area contributed by atoms with Crippen molar-refractivity contribution < 1.29 is 0 Å². The summed E-state index contributed by atoms with van der Waals surface area (Å²) in [4.78, 5) is 15.2. The fourth-order valence-electron chi connectivity index (χ4n) is 3.82. The quantitative estimate of drug-likeness (QED) is 0.300. The predicted molar refractivity (Wildman–Crippen MR) is 112 cm³/mol. The minimum Gasteiger partial charge on any atom is -0.242 e. The first kappa shape index (κ1) is 16.5. The summed E-state index contributed by atoms with van der Waals surface area (Å²) < 4.78 is 1.14. The number of aryl methyl sites for hydroxylation is 1. The summed E-state index contributed by atoms with van der Waals surface area (Å²) in [5.74, 6) is 0. The second-order valence-corrected chi connectivity index (χ2v) is 8.70. The van der Waals surface area contributed by atoms with Crippen molar-refractivity contribution in [3.63, 3.8) is 0 Å². The summed E-state index contributed by atoms with van der Waals surface area (Å²) in [5, 5.41) is 2.96. The van der Waals surface area contributed by atoms with Gasteiger partial charge in [-0.2, -0.15) is 0 Å². The zero-order valence-corrected chi connectivity index (χ0v) is 16.6. The Labute approximate surface area is 164 Å². The lowest BCUT2D eigenvalue weighted by atomic mass is 9.87. The lowest BCUT2D eigenvalue weighted by Crippen LogP contribution is -2.07. The number of rotatable bonds is 2. The van der Waals surface area contributed by atoms with Gasteiger partial charge in [-0.1, -0.05) is 23.7 Å². The molecule has 4 aromatic rings. The fourth-order valence-corrected chi connectivity index (χ4v) is 5.79. The van der Waals surface area contributed by atoms with Crippen LogP contribution in [0, 0.1) is 0 Å². The van der Waals surface area contributed by atoms with Gasteiger partial charge in [0.1, 0.15) is 16.2 Å². The Morgan fingerprint density at radius 3 is 2.69 bits per heavy atom. The van der Waals surface area contributed by atoms with Crippen molar-refractivity contribution in [3.8, 4) is 11.1 Å². The van der Waals surface area contributed by atoms with Gasteiger partial charge in [-0.15, -0.1) is 23.1 Å². The number of pyridine rings is 1. The van der Waals surface area contributed by atoms with Gasteiger partial charge in [-0.25, -0.2) is 15.0 Å². The van der Waals surface area contributed by atoms with E-state index in [9.17, 15) is 0 Å². The van der Waals surface area contributed by atoms with Crippen molar-refractivity contribution >= 4 is 55.1 Å². The summed E-state index contributed by atoms with van der Waals surface area (Å²) in [5.41, 5.74) is 6.14. The molecule has 3 nitrogen and oxygen atoms in total. The van der Waals surface area contributed by atoms with Crippen LogP contribution in [0.2, 0.25) is 5.02 Å². The summed E-state index contributed by atoms with van der Waals surface area (Å²) in [7, 11) is 0. The highest BCUT2D eigenvalue weighted by molar-refractivity contribution is 7.98. The van der Waals surface area contributed by atoms with Crippen LogP contribution in [0.25, 0.3) is 31.6 Å². The number of thioether (sulfide) groups is 1. The molecular formula is C20H16ClN3S2. The maximum absolute atomic E-state index is 6.14. The molecule has 0 radical (unpaired) electrons. The molecule has 0 spiro atoms. The normalized spacial score (nSPS) is 14.1. The molecule has 5 rings (SSSR count). The molecule has 6 heteroatoms. The molecule has 0 unspecified atom stereocenters. The minimum atomic E-state index is 0.759. The van der Waals surface area contributed by atoms with Crippen LogP contribution in [-0.2, 0) is 12.8 Å². The van der Waals surface area contributed by atoms with E-state index in [1.807, 2.05) is 12.1 Å². The molecule has 1 aliphatic carbocycles. The highest BCUT2D eigenvalue weighted by Crippen LogP contribution is 2.44. The van der Waals surface area contributed by atoms with E-state index in [1.54, 1.807) is 29.4 Å². The molecule has 130 valence electrons. The lowest BCUT2D eigenvalue weighted by Gasteiger charge is -2.20. The Hall–Kier alpha value is -1.69. The molecule has 0 fully saturated rings. The van der Waals surface area contributed by atoms with E-state index in [0.717, 1.165) is 37.9 Å². The van der Waals surface area contributed by atoms with Gasteiger partial charge in [-0.05, 0) is 60.8 Å². The zero-order chi connectivity index (χ0) is 17.7. The highest BCUT2D eigenvalue weighted by atomic mass is 35.5. The number of fused-ring (bicyclic) bond motifs is 4. The Morgan fingerprint density at radius 1 is 1.08 bits per heavy atom. The predicted octanol–water partition coefficient (Wildman–Crippen LogP) is 6.16. The minimum absolute atomic E-state index is 0.759. The standard InChI is InChI=1S/C20H16ClN3S2/c1-25-20-18-17(22-10-23-20)16-15(11-6-8-12(21)9-7-11)13-4-2-3-5-14(13)24-19(16)26-18/h6-10H,2-5H2,1H3. The second kappa shape index (κ2) is 6.48. The Morgan fingerprint density at radius 2 is 1.88 bits per heavy atom. The zero-order valence-electron chi connectivity index (χ0n) is 14.3. The topological polar surface area (TPSA) is 38.7 Å². The molecule has 0 N–H and O–H groups in total. The molecule has 0 saturated carbocycles. The van der Waals surface area contributed by atoms with Crippen LogP contribution in [0.4, 0.5) is 0 Å². The molecule has 1 aromatic carbocycles. The smallest absolute Gasteiger partial charge is 0.127 e. The number of benzene rings is 1. The largest absolute Gasteiger partial charge is 0.242 e. The number of thiophene rings is 1. The van der Waals surface area contributed by atoms with E-state index in [1.165, 1.54) is 40.6 Å². The molecule has 3 aromatic heterocycles. The highest BCUT2D eigenvalue weighted by Gasteiger charge is 2.23. The Balaban J connectivity index is 1.94. The van der Waals surface area contributed by atoms with Crippen molar-refractivity contribution in [2.24, 2.45) is 0 Å².